The maximum atomic E-state index is 14.1. The van der Waals surface area contributed by atoms with Crippen LogP contribution in [0.25, 0.3) is 5.65 Å². The molecule has 2 aromatic heterocycles. The summed E-state index contributed by atoms with van der Waals surface area (Å²) in [6, 6.07) is 8.80. The highest BCUT2D eigenvalue weighted by Gasteiger charge is 2.57. The molecule has 1 aliphatic carbocycles. The average molecular weight is 749 g/mol. The number of carbonyl (C=O) groups excluding carboxylic acids is 3. The number of benzene rings is 1. The molecule has 3 atom stereocenters. The summed E-state index contributed by atoms with van der Waals surface area (Å²) in [5.74, 6) is -8.14. The molecule has 1 saturated heterocycles. The quantitative estimate of drug-likeness (QED) is 0.149. The summed E-state index contributed by atoms with van der Waals surface area (Å²) in [6.45, 7) is -2.49. The number of imidazole rings is 1. The number of amides is 2. The molecule has 5 rings (SSSR count). The van der Waals surface area contributed by atoms with Gasteiger partial charge in [0, 0.05) is 38.9 Å². The lowest BCUT2D eigenvalue weighted by Gasteiger charge is -2.38. The lowest BCUT2D eigenvalue weighted by molar-refractivity contribution is -0.195. The second-order valence-corrected chi connectivity index (χ2v) is 13.2. The van der Waals surface area contributed by atoms with Crippen LogP contribution in [0.3, 0.4) is 0 Å². The van der Waals surface area contributed by atoms with Gasteiger partial charge < -0.3 is 25.0 Å². The molecular formula is C33H36F8N6O5. The van der Waals surface area contributed by atoms with Gasteiger partial charge in [-0.3, -0.25) is 9.59 Å². The Balaban J connectivity index is 1.56. The van der Waals surface area contributed by atoms with Gasteiger partial charge in [0.25, 0.3) is 0 Å². The number of rotatable bonds is 10. The second kappa shape index (κ2) is 14.7. The highest BCUT2D eigenvalue weighted by atomic mass is 19.4. The Labute approximate surface area is 292 Å². The summed E-state index contributed by atoms with van der Waals surface area (Å²) in [6.07, 6.45) is -12.2. The van der Waals surface area contributed by atoms with Crippen LogP contribution >= 0.6 is 0 Å². The minimum absolute atomic E-state index is 0.0279. The molecule has 11 nitrogen and oxygen atoms in total. The summed E-state index contributed by atoms with van der Waals surface area (Å²) in [4.78, 5) is 44.5. The largest absolute Gasteiger partial charge is 0.468 e. The van der Waals surface area contributed by atoms with Gasteiger partial charge in [0.15, 0.2) is 11.1 Å². The van der Waals surface area contributed by atoms with Gasteiger partial charge in [-0.2, -0.15) is 31.4 Å². The van der Waals surface area contributed by atoms with Gasteiger partial charge in [0.05, 0.1) is 42.3 Å². The van der Waals surface area contributed by atoms with E-state index in [0.29, 0.717) is 10.5 Å². The van der Waals surface area contributed by atoms with Crippen molar-refractivity contribution < 1.29 is 59.0 Å². The zero-order chi connectivity index (χ0) is 38.1. The lowest BCUT2D eigenvalue weighted by Crippen LogP contribution is -2.57. The van der Waals surface area contributed by atoms with Crippen molar-refractivity contribution in [3.05, 3.63) is 59.5 Å². The van der Waals surface area contributed by atoms with Crippen LogP contribution in [0.5, 0.6) is 0 Å². The third-order valence-electron chi connectivity index (χ3n) is 9.44. The van der Waals surface area contributed by atoms with Gasteiger partial charge in [0.2, 0.25) is 11.8 Å². The minimum Gasteiger partial charge on any atom is -0.468 e. The first-order chi connectivity index (χ1) is 24.3. The number of esters is 1. The number of piperidine rings is 1. The van der Waals surface area contributed by atoms with E-state index in [1.165, 1.54) is 6.20 Å². The number of carbonyl (C=O) groups is 3. The molecule has 0 spiro atoms. The van der Waals surface area contributed by atoms with Crippen molar-refractivity contribution in [2.24, 2.45) is 17.3 Å². The second-order valence-electron chi connectivity index (χ2n) is 13.2. The number of nitrogens with zero attached hydrogens (tertiary/aromatic N) is 4. The maximum Gasteiger partial charge on any atom is 0.408 e. The Morgan fingerprint density at radius 2 is 1.79 bits per heavy atom. The van der Waals surface area contributed by atoms with Crippen LogP contribution in [0.4, 0.5) is 45.6 Å². The number of alkyl halides is 8. The first kappa shape index (κ1) is 38.5. The summed E-state index contributed by atoms with van der Waals surface area (Å²) in [5, 5.41) is 9.10. The molecule has 52 heavy (non-hydrogen) atoms. The van der Waals surface area contributed by atoms with Crippen LogP contribution in [-0.2, 0) is 32.1 Å². The minimum atomic E-state index is -4.84. The summed E-state index contributed by atoms with van der Waals surface area (Å²) in [5.41, 5.74) is -2.53. The van der Waals surface area contributed by atoms with E-state index in [1.807, 2.05) is 0 Å². The van der Waals surface area contributed by atoms with Crippen molar-refractivity contribution in [2.45, 2.75) is 69.4 Å². The van der Waals surface area contributed by atoms with Crippen LogP contribution in [-0.4, -0.2) is 78.1 Å². The topological polar surface area (TPSA) is 127 Å². The number of anilines is 1. The zero-order valence-corrected chi connectivity index (χ0v) is 28.0. The predicted octanol–water partition coefficient (Wildman–Crippen LogP) is 5.92. The molecule has 19 heteroatoms. The van der Waals surface area contributed by atoms with E-state index in [-0.39, 0.29) is 42.2 Å². The normalized spacial score (nSPS) is 21.7. The predicted molar refractivity (Wildman–Crippen MR) is 167 cm³/mol. The van der Waals surface area contributed by atoms with E-state index in [1.54, 1.807) is 30.3 Å². The molecule has 1 saturated carbocycles. The Bertz CT molecular complexity index is 1750. The van der Waals surface area contributed by atoms with Crippen molar-refractivity contribution in [1.29, 1.82) is 0 Å². The number of nitrogens with one attached hydrogen (secondary N) is 2. The Hall–Kier alpha value is -4.71. The molecule has 2 amide bonds. The van der Waals surface area contributed by atoms with Crippen LogP contribution < -0.4 is 15.5 Å². The van der Waals surface area contributed by atoms with E-state index in [2.05, 4.69) is 20.7 Å². The Morgan fingerprint density at radius 1 is 1.12 bits per heavy atom. The molecule has 284 valence electrons. The average Bonchev–Trinajstić information content (AvgIpc) is 3.48. The highest BCUT2D eigenvalue weighted by Crippen LogP contribution is 2.44. The van der Waals surface area contributed by atoms with Crippen LogP contribution in [0.2, 0.25) is 0 Å². The number of ether oxygens (including phenoxy) is 2. The SMILES string of the molecule is COC(=O)C1(Cc2nn3cc([C@@H](NC(=O)OCc4ccccc4)C4CCC(F)(F)CC4)nc3cc2N(C)CC(F)(F)F)C[C@@H](C(F)(F)F)CNC1=O. The van der Waals surface area contributed by atoms with Crippen molar-refractivity contribution >= 4 is 29.3 Å². The maximum absolute atomic E-state index is 14.1. The fourth-order valence-corrected chi connectivity index (χ4v) is 6.73. The highest BCUT2D eigenvalue weighted by molar-refractivity contribution is 6.03. The number of halogens is 8. The van der Waals surface area contributed by atoms with Crippen LogP contribution in [0.1, 0.15) is 55.1 Å². The van der Waals surface area contributed by atoms with Crippen molar-refractivity contribution in [3.8, 4) is 0 Å². The van der Waals surface area contributed by atoms with Gasteiger partial charge in [-0.05, 0) is 30.7 Å². The van der Waals surface area contributed by atoms with E-state index in [0.717, 1.165) is 24.7 Å². The summed E-state index contributed by atoms with van der Waals surface area (Å²) in [7, 11) is 1.90. The number of hydrogen-bond donors (Lipinski definition) is 2. The van der Waals surface area contributed by atoms with Gasteiger partial charge in [-0.1, -0.05) is 30.3 Å². The van der Waals surface area contributed by atoms with E-state index >= 15 is 0 Å². The number of fused-ring (bicyclic) bond motifs is 1. The molecule has 0 bridgehead atoms. The Morgan fingerprint density at radius 3 is 2.40 bits per heavy atom. The van der Waals surface area contributed by atoms with Crippen LogP contribution in [0, 0.1) is 17.3 Å². The number of alkyl carbamates (subject to hydrolysis) is 1. The standard InChI is InChI=1S/C33H36F8N6O5/c1-46(18-32(36,37)38)24-12-25-43-23(26(20-8-10-31(34,35)11-9-20)44-29(50)52-17-19-6-4-3-5-7-19)16-47(25)45-22(24)14-30(28(49)51-2)13-21(33(39,40)41)15-42-27(30)48/h3-7,12,16,20-21,26H,8-11,13-15,17-18H2,1-2H3,(H,42,48)(H,44,50)/t21-,26+,30?/m1/s1. The van der Waals surface area contributed by atoms with Crippen molar-refractivity contribution in [1.82, 2.24) is 25.2 Å². The molecule has 1 aliphatic heterocycles. The third kappa shape index (κ3) is 8.83. The zero-order valence-electron chi connectivity index (χ0n) is 28.0. The fraction of sp³-hybridized carbons (Fsp3) is 0.545. The lowest BCUT2D eigenvalue weighted by atomic mass is 9.72. The van der Waals surface area contributed by atoms with Gasteiger partial charge in [-0.25, -0.2) is 23.1 Å². The van der Waals surface area contributed by atoms with Crippen molar-refractivity contribution in [2.75, 3.05) is 32.1 Å². The monoisotopic (exact) mass is 748 g/mol. The molecule has 1 aromatic carbocycles. The molecule has 3 heterocycles. The van der Waals surface area contributed by atoms with Gasteiger partial charge in [-0.15, -0.1) is 0 Å². The molecule has 2 N–H and O–H groups in total. The number of methoxy groups -OCH3 is 1. The van der Waals surface area contributed by atoms with E-state index in [9.17, 15) is 49.5 Å². The van der Waals surface area contributed by atoms with Crippen LogP contribution in [0.15, 0.2) is 42.6 Å². The molecule has 1 unspecified atom stereocenters. The fourth-order valence-electron chi connectivity index (χ4n) is 6.73. The third-order valence-corrected chi connectivity index (χ3v) is 9.44. The van der Waals surface area contributed by atoms with E-state index in [4.69, 9.17) is 9.47 Å². The summed E-state index contributed by atoms with van der Waals surface area (Å²) < 4.78 is 122. The van der Waals surface area contributed by atoms with E-state index < -0.39 is 98.3 Å². The van der Waals surface area contributed by atoms with Crippen molar-refractivity contribution in [3.63, 3.8) is 0 Å². The first-order valence-corrected chi connectivity index (χ1v) is 16.3. The smallest absolute Gasteiger partial charge is 0.408 e. The summed E-state index contributed by atoms with van der Waals surface area (Å²) >= 11 is 0. The number of aromatic nitrogens is 3. The van der Waals surface area contributed by atoms with Gasteiger partial charge >= 0.3 is 24.4 Å². The number of hydrogen-bond acceptors (Lipinski definition) is 8. The molecular weight excluding hydrogens is 712 g/mol. The molecule has 3 aromatic rings. The first-order valence-electron chi connectivity index (χ1n) is 16.3. The molecule has 2 aliphatic rings. The van der Waals surface area contributed by atoms with Gasteiger partial charge in [0.1, 0.15) is 13.2 Å². The molecule has 2 fully saturated rings. The Kier molecular flexibility index (Phi) is 10.9. The molecule has 0 radical (unpaired) electrons.